The number of benzene rings is 2. The third-order valence-corrected chi connectivity index (χ3v) is 4.41. The molecule has 3 nitrogen and oxygen atoms in total. The Morgan fingerprint density at radius 2 is 1.74 bits per heavy atom. The van der Waals surface area contributed by atoms with Crippen LogP contribution in [0.15, 0.2) is 36.5 Å². The number of nitrogens with zero attached hydrogens (tertiary/aromatic N) is 3. The van der Waals surface area contributed by atoms with Gasteiger partial charge in [-0.15, -0.1) is 0 Å². The van der Waals surface area contributed by atoms with Gasteiger partial charge in [0.25, 0.3) is 0 Å². The summed E-state index contributed by atoms with van der Waals surface area (Å²) in [5.74, 6) is 0. The molecular formula is C18H17Cl2N3. The van der Waals surface area contributed by atoms with Gasteiger partial charge >= 0.3 is 0 Å². The molecule has 118 valence electrons. The maximum absolute atomic E-state index is 6.21. The second kappa shape index (κ2) is 6.34. The molecule has 0 aliphatic heterocycles. The van der Waals surface area contributed by atoms with E-state index in [4.69, 9.17) is 23.2 Å². The normalized spacial score (nSPS) is 11.0. The highest BCUT2D eigenvalue weighted by atomic mass is 35.5. The quantitative estimate of drug-likeness (QED) is 0.499. The van der Waals surface area contributed by atoms with Crippen molar-refractivity contribution in [1.29, 1.82) is 0 Å². The van der Waals surface area contributed by atoms with Crippen LogP contribution in [0, 0.1) is 6.92 Å². The molecule has 3 rings (SSSR count). The van der Waals surface area contributed by atoms with E-state index in [0.29, 0.717) is 11.6 Å². The van der Waals surface area contributed by atoms with Crippen molar-refractivity contribution in [3.8, 4) is 0 Å². The summed E-state index contributed by atoms with van der Waals surface area (Å²) < 4.78 is 0. The van der Waals surface area contributed by atoms with Crippen LogP contribution in [0.5, 0.6) is 0 Å². The van der Waals surface area contributed by atoms with Gasteiger partial charge in [-0.25, -0.2) is 9.97 Å². The van der Waals surface area contributed by atoms with Crippen LogP contribution in [-0.2, 0) is 6.42 Å². The SMILES string of the molecule is Cc1cc(Cc2cnc(Cl)nc2Cl)c2ccccc2c1N(C)C. The average molecular weight is 346 g/mol. The van der Waals surface area contributed by atoms with Gasteiger partial charge < -0.3 is 4.90 Å². The summed E-state index contributed by atoms with van der Waals surface area (Å²) in [4.78, 5) is 10.2. The van der Waals surface area contributed by atoms with Crippen LogP contribution in [-0.4, -0.2) is 24.1 Å². The van der Waals surface area contributed by atoms with Crippen molar-refractivity contribution in [3.63, 3.8) is 0 Å². The number of halogens is 2. The number of anilines is 1. The number of hydrogen-bond donors (Lipinski definition) is 0. The predicted octanol–water partition coefficient (Wildman–Crippen LogP) is 4.90. The van der Waals surface area contributed by atoms with Gasteiger partial charge in [-0.05, 0) is 35.0 Å². The Morgan fingerprint density at radius 3 is 2.39 bits per heavy atom. The summed E-state index contributed by atoms with van der Waals surface area (Å²) in [5.41, 5.74) is 4.55. The fraction of sp³-hybridized carbons (Fsp3) is 0.222. The van der Waals surface area contributed by atoms with E-state index >= 15 is 0 Å². The first kappa shape index (κ1) is 16.0. The van der Waals surface area contributed by atoms with Crippen molar-refractivity contribution >= 4 is 39.7 Å². The summed E-state index contributed by atoms with van der Waals surface area (Å²) >= 11 is 12.0. The van der Waals surface area contributed by atoms with Crippen LogP contribution >= 0.6 is 23.2 Å². The molecule has 0 fully saturated rings. The lowest BCUT2D eigenvalue weighted by Crippen LogP contribution is -2.11. The average Bonchev–Trinajstić information content (AvgIpc) is 2.49. The van der Waals surface area contributed by atoms with Crippen LogP contribution in [0.3, 0.4) is 0 Å². The van der Waals surface area contributed by atoms with Gasteiger partial charge in [-0.1, -0.05) is 41.9 Å². The van der Waals surface area contributed by atoms with Crippen molar-refractivity contribution in [2.45, 2.75) is 13.3 Å². The Labute approximate surface area is 145 Å². The summed E-state index contributed by atoms with van der Waals surface area (Å²) in [6, 6.07) is 10.6. The fourth-order valence-electron chi connectivity index (χ4n) is 3.02. The van der Waals surface area contributed by atoms with E-state index in [-0.39, 0.29) is 5.28 Å². The maximum Gasteiger partial charge on any atom is 0.223 e. The van der Waals surface area contributed by atoms with Crippen molar-refractivity contribution in [2.75, 3.05) is 19.0 Å². The van der Waals surface area contributed by atoms with Gasteiger partial charge in [0, 0.05) is 43.4 Å². The van der Waals surface area contributed by atoms with Crippen LogP contribution in [0.25, 0.3) is 10.8 Å². The van der Waals surface area contributed by atoms with Crippen molar-refractivity contribution in [1.82, 2.24) is 9.97 Å². The van der Waals surface area contributed by atoms with Crippen LogP contribution in [0.4, 0.5) is 5.69 Å². The molecular weight excluding hydrogens is 329 g/mol. The molecule has 1 heterocycles. The molecule has 0 saturated heterocycles. The van der Waals surface area contributed by atoms with Gasteiger partial charge in [0.1, 0.15) is 5.15 Å². The minimum absolute atomic E-state index is 0.169. The van der Waals surface area contributed by atoms with Gasteiger partial charge in [0.15, 0.2) is 0 Å². The topological polar surface area (TPSA) is 29.0 Å². The molecule has 0 spiro atoms. The molecule has 23 heavy (non-hydrogen) atoms. The van der Waals surface area contributed by atoms with Gasteiger partial charge in [-0.2, -0.15) is 0 Å². The monoisotopic (exact) mass is 345 g/mol. The number of rotatable bonds is 3. The largest absolute Gasteiger partial charge is 0.377 e. The molecule has 0 amide bonds. The fourth-order valence-corrected chi connectivity index (χ4v) is 3.39. The Kier molecular flexibility index (Phi) is 4.42. The van der Waals surface area contributed by atoms with E-state index in [2.05, 4.69) is 66.2 Å². The molecule has 0 saturated carbocycles. The molecule has 0 N–H and O–H groups in total. The zero-order valence-electron chi connectivity index (χ0n) is 13.3. The molecule has 2 aromatic carbocycles. The lowest BCUT2D eigenvalue weighted by Gasteiger charge is -2.21. The summed E-state index contributed by atoms with van der Waals surface area (Å²) in [7, 11) is 4.14. The number of aromatic nitrogens is 2. The molecule has 5 heteroatoms. The van der Waals surface area contributed by atoms with Crippen LogP contribution in [0.1, 0.15) is 16.7 Å². The van der Waals surface area contributed by atoms with Crippen molar-refractivity contribution in [3.05, 3.63) is 63.7 Å². The highest BCUT2D eigenvalue weighted by molar-refractivity contribution is 6.32. The van der Waals surface area contributed by atoms with E-state index in [1.54, 1.807) is 6.20 Å². The Balaban J connectivity index is 2.17. The van der Waals surface area contributed by atoms with E-state index in [0.717, 1.165) is 5.56 Å². The highest BCUT2D eigenvalue weighted by Crippen LogP contribution is 2.33. The third kappa shape index (κ3) is 3.12. The number of hydrogen-bond acceptors (Lipinski definition) is 3. The van der Waals surface area contributed by atoms with Crippen molar-refractivity contribution in [2.24, 2.45) is 0 Å². The second-order valence-corrected chi connectivity index (χ2v) is 6.47. The third-order valence-electron chi connectivity index (χ3n) is 3.90. The highest BCUT2D eigenvalue weighted by Gasteiger charge is 2.13. The number of aryl methyl sites for hydroxylation is 1. The number of fused-ring (bicyclic) bond motifs is 1. The zero-order chi connectivity index (χ0) is 16.6. The first-order chi connectivity index (χ1) is 11.0. The summed E-state index contributed by atoms with van der Waals surface area (Å²) in [6.07, 6.45) is 2.37. The van der Waals surface area contributed by atoms with Crippen LogP contribution in [0.2, 0.25) is 10.4 Å². The van der Waals surface area contributed by atoms with Gasteiger partial charge in [0.05, 0.1) is 0 Å². The summed E-state index contributed by atoms with van der Waals surface area (Å²) in [6.45, 7) is 2.13. The Hall–Kier alpha value is -1.84. The second-order valence-electron chi connectivity index (χ2n) is 5.77. The molecule has 0 atom stereocenters. The zero-order valence-corrected chi connectivity index (χ0v) is 14.8. The Morgan fingerprint density at radius 1 is 1.04 bits per heavy atom. The van der Waals surface area contributed by atoms with E-state index in [1.165, 1.54) is 27.6 Å². The van der Waals surface area contributed by atoms with Crippen molar-refractivity contribution < 1.29 is 0 Å². The Bertz CT molecular complexity index is 876. The summed E-state index contributed by atoms with van der Waals surface area (Å²) in [5, 5.41) is 3.03. The van der Waals surface area contributed by atoms with E-state index < -0.39 is 0 Å². The molecule has 0 aliphatic carbocycles. The lowest BCUT2D eigenvalue weighted by molar-refractivity contribution is 1.07. The molecule has 3 aromatic rings. The molecule has 1 aromatic heterocycles. The maximum atomic E-state index is 6.21. The minimum Gasteiger partial charge on any atom is -0.377 e. The first-order valence-electron chi connectivity index (χ1n) is 7.33. The van der Waals surface area contributed by atoms with E-state index in [9.17, 15) is 0 Å². The van der Waals surface area contributed by atoms with Gasteiger partial charge in [0.2, 0.25) is 5.28 Å². The minimum atomic E-state index is 0.169. The smallest absolute Gasteiger partial charge is 0.223 e. The molecule has 0 unspecified atom stereocenters. The molecule has 0 bridgehead atoms. The van der Waals surface area contributed by atoms with Gasteiger partial charge in [-0.3, -0.25) is 0 Å². The molecule has 0 aliphatic rings. The first-order valence-corrected chi connectivity index (χ1v) is 8.08. The predicted molar refractivity (Wildman–Crippen MR) is 97.9 cm³/mol. The lowest BCUT2D eigenvalue weighted by atomic mass is 9.95. The van der Waals surface area contributed by atoms with E-state index in [1.807, 2.05) is 0 Å². The standard InChI is InChI=1S/C18H17Cl2N3/c1-11-8-12(9-13-10-21-18(20)22-17(13)19)14-6-4-5-7-15(14)16(11)23(2)3/h4-8,10H,9H2,1-3H3. The van der Waals surface area contributed by atoms with Crippen LogP contribution < -0.4 is 4.90 Å². The molecule has 0 radical (unpaired) electrons.